The van der Waals surface area contributed by atoms with E-state index in [4.69, 9.17) is 0 Å². The minimum absolute atomic E-state index is 0.120. The molecule has 0 saturated carbocycles. The molecule has 2 rings (SSSR count). The van der Waals surface area contributed by atoms with Crippen molar-refractivity contribution in [3.05, 3.63) is 18.2 Å². The Morgan fingerprint density at radius 1 is 1.60 bits per heavy atom. The lowest BCUT2D eigenvalue weighted by Gasteiger charge is -2.25. The third kappa shape index (κ3) is 1.98. The predicted octanol–water partition coefficient (Wildman–Crippen LogP) is -1.01. The van der Waals surface area contributed by atoms with Crippen molar-refractivity contribution in [2.45, 2.75) is 0 Å². The predicted molar refractivity (Wildman–Crippen MR) is 52.1 cm³/mol. The Kier molecular flexibility index (Phi) is 2.40. The molecule has 2 heterocycles. The first kappa shape index (κ1) is 9.70. The number of aromatic nitrogens is 2. The normalized spacial score (nSPS) is 16.3. The van der Waals surface area contributed by atoms with Crippen LogP contribution in [-0.4, -0.2) is 45.9 Å². The van der Waals surface area contributed by atoms with Gasteiger partial charge in [-0.2, -0.15) is 0 Å². The van der Waals surface area contributed by atoms with Gasteiger partial charge in [-0.25, -0.2) is 4.98 Å². The van der Waals surface area contributed by atoms with Gasteiger partial charge < -0.3 is 14.8 Å². The minimum atomic E-state index is -0.189. The molecule has 2 amide bonds. The van der Waals surface area contributed by atoms with Crippen LogP contribution in [0.4, 0.5) is 0 Å². The molecule has 15 heavy (non-hydrogen) atoms. The monoisotopic (exact) mass is 208 g/mol. The highest BCUT2D eigenvalue weighted by atomic mass is 16.2. The average molecular weight is 208 g/mol. The third-order valence-electron chi connectivity index (χ3n) is 2.25. The fourth-order valence-corrected chi connectivity index (χ4v) is 1.50. The number of hydrogen-bond acceptors (Lipinski definition) is 3. The first-order valence-electron chi connectivity index (χ1n) is 4.71. The molecule has 6 nitrogen and oxygen atoms in total. The summed E-state index contributed by atoms with van der Waals surface area (Å²) in [5, 5.41) is 2.67. The first-order chi connectivity index (χ1) is 7.16. The van der Waals surface area contributed by atoms with Gasteiger partial charge in [0.05, 0.1) is 12.9 Å². The summed E-state index contributed by atoms with van der Waals surface area (Å²) in [6.45, 7) is 1.17. The largest absolute Gasteiger partial charge is 0.353 e. The molecule has 0 aromatic carbocycles. The summed E-state index contributed by atoms with van der Waals surface area (Å²) in [7, 11) is 1.80. The van der Waals surface area contributed by atoms with Gasteiger partial charge in [-0.15, -0.1) is 0 Å². The summed E-state index contributed by atoms with van der Waals surface area (Å²) in [4.78, 5) is 28.4. The molecule has 0 atom stereocenters. The molecular weight excluding hydrogens is 196 g/mol. The lowest BCUT2D eigenvalue weighted by molar-refractivity contribution is -0.123. The topological polar surface area (TPSA) is 67.2 Å². The van der Waals surface area contributed by atoms with Crippen molar-refractivity contribution in [1.29, 1.82) is 0 Å². The van der Waals surface area contributed by atoms with Gasteiger partial charge in [-0.05, 0) is 0 Å². The van der Waals surface area contributed by atoms with Gasteiger partial charge in [0.15, 0.2) is 0 Å². The van der Waals surface area contributed by atoms with E-state index in [0.717, 1.165) is 0 Å². The van der Waals surface area contributed by atoms with Crippen LogP contribution in [0.3, 0.4) is 0 Å². The number of carbonyl (C=O) groups is 2. The maximum absolute atomic E-state index is 11.8. The van der Waals surface area contributed by atoms with Gasteiger partial charge in [0.25, 0.3) is 5.91 Å². The number of aryl methyl sites for hydroxylation is 1. The molecule has 1 aliphatic rings. The Hall–Kier alpha value is -1.85. The molecule has 80 valence electrons. The molecule has 0 radical (unpaired) electrons. The smallest absolute Gasteiger partial charge is 0.274 e. The van der Waals surface area contributed by atoms with E-state index in [1.807, 2.05) is 0 Å². The summed E-state index contributed by atoms with van der Waals surface area (Å²) in [6.07, 6.45) is 3.21. The molecule has 0 aliphatic carbocycles. The van der Waals surface area contributed by atoms with Crippen molar-refractivity contribution in [2.75, 3.05) is 19.6 Å². The van der Waals surface area contributed by atoms with Crippen molar-refractivity contribution in [2.24, 2.45) is 7.05 Å². The summed E-state index contributed by atoms with van der Waals surface area (Å²) < 4.78 is 1.71. The molecule has 1 fully saturated rings. The molecule has 0 spiro atoms. The van der Waals surface area contributed by atoms with E-state index in [0.29, 0.717) is 18.8 Å². The van der Waals surface area contributed by atoms with Crippen LogP contribution in [0, 0.1) is 0 Å². The van der Waals surface area contributed by atoms with E-state index in [2.05, 4.69) is 10.3 Å². The molecule has 1 aromatic rings. The summed E-state index contributed by atoms with van der Waals surface area (Å²) in [5.41, 5.74) is 0.382. The maximum atomic E-state index is 11.8. The summed E-state index contributed by atoms with van der Waals surface area (Å²) in [5.74, 6) is -0.309. The number of nitrogens with one attached hydrogen (secondary N) is 1. The van der Waals surface area contributed by atoms with E-state index in [-0.39, 0.29) is 18.4 Å². The summed E-state index contributed by atoms with van der Waals surface area (Å²) in [6, 6.07) is 0. The van der Waals surface area contributed by atoms with Crippen LogP contribution in [0.25, 0.3) is 0 Å². The quantitative estimate of drug-likeness (QED) is 0.643. The Bertz CT molecular complexity index is 399. The first-order valence-corrected chi connectivity index (χ1v) is 4.71. The van der Waals surface area contributed by atoms with E-state index >= 15 is 0 Å². The van der Waals surface area contributed by atoms with E-state index in [9.17, 15) is 9.59 Å². The van der Waals surface area contributed by atoms with E-state index in [1.165, 1.54) is 4.90 Å². The maximum Gasteiger partial charge on any atom is 0.274 e. The number of rotatable bonds is 1. The number of nitrogens with zero attached hydrogens (tertiary/aromatic N) is 3. The second-order valence-electron chi connectivity index (χ2n) is 3.50. The van der Waals surface area contributed by atoms with E-state index in [1.54, 1.807) is 24.1 Å². The van der Waals surface area contributed by atoms with Crippen LogP contribution in [0.15, 0.2) is 12.5 Å². The van der Waals surface area contributed by atoms with Gasteiger partial charge in [0, 0.05) is 26.3 Å². The Morgan fingerprint density at radius 3 is 3.00 bits per heavy atom. The van der Waals surface area contributed by atoms with Crippen LogP contribution in [0.1, 0.15) is 10.5 Å². The van der Waals surface area contributed by atoms with Crippen molar-refractivity contribution < 1.29 is 9.59 Å². The van der Waals surface area contributed by atoms with Gasteiger partial charge in [-0.1, -0.05) is 0 Å². The summed E-state index contributed by atoms with van der Waals surface area (Å²) >= 11 is 0. The van der Waals surface area contributed by atoms with Crippen LogP contribution in [-0.2, 0) is 11.8 Å². The average Bonchev–Trinajstić information content (AvgIpc) is 2.64. The highest BCUT2D eigenvalue weighted by Crippen LogP contribution is 2.03. The lowest BCUT2D eigenvalue weighted by Crippen LogP contribution is -2.50. The van der Waals surface area contributed by atoms with Gasteiger partial charge in [-0.3, -0.25) is 9.59 Å². The van der Waals surface area contributed by atoms with E-state index < -0.39 is 0 Å². The molecule has 1 aliphatic heterocycles. The second-order valence-corrected chi connectivity index (χ2v) is 3.50. The highest BCUT2D eigenvalue weighted by molar-refractivity contribution is 5.95. The Labute approximate surface area is 86.9 Å². The number of hydrogen-bond donors (Lipinski definition) is 1. The highest BCUT2D eigenvalue weighted by Gasteiger charge is 2.23. The van der Waals surface area contributed by atoms with Crippen molar-refractivity contribution >= 4 is 11.8 Å². The lowest BCUT2D eigenvalue weighted by atomic mass is 10.3. The second kappa shape index (κ2) is 3.72. The number of carbonyl (C=O) groups excluding carboxylic acids is 2. The Morgan fingerprint density at radius 2 is 2.40 bits per heavy atom. The minimum Gasteiger partial charge on any atom is -0.353 e. The van der Waals surface area contributed by atoms with Gasteiger partial charge >= 0.3 is 0 Å². The molecule has 0 bridgehead atoms. The molecular formula is C9H12N4O2. The number of amides is 2. The van der Waals surface area contributed by atoms with Crippen molar-refractivity contribution in [1.82, 2.24) is 19.8 Å². The molecule has 6 heteroatoms. The standard InChI is InChI=1S/C9H12N4O2/c1-12-4-7(11-6-12)9(15)13-3-2-10-8(14)5-13/h4,6H,2-3,5H2,1H3,(H,10,14). The van der Waals surface area contributed by atoms with Crippen LogP contribution < -0.4 is 5.32 Å². The molecule has 1 aromatic heterocycles. The molecule has 1 N–H and O–H groups in total. The number of piperazine rings is 1. The van der Waals surface area contributed by atoms with Crippen LogP contribution in [0.5, 0.6) is 0 Å². The van der Waals surface area contributed by atoms with Crippen molar-refractivity contribution in [3.8, 4) is 0 Å². The molecule has 0 unspecified atom stereocenters. The van der Waals surface area contributed by atoms with Gasteiger partial charge in [0.2, 0.25) is 5.91 Å². The fraction of sp³-hybridized carbons (Fsp3) is 0.444. The van der Waals surface area contributed by atoms with Gasteiger partial charge in [0.1, 0.15) is 5.69 Å². The Balaban J connectivity index is 2.10. The zero-order valence-electron chi connectivity index (χ0n) is 8.43. The number of imidazole rings is 1. The molecule has 1 saturated heterocycles. The van der Waals surface area contributed by atoms with Crippen LogP contribution in [0.2, 0.25) is 0 Å². The van der Waals surface area contributed by atoms with Crippen molar-refractivity contribution in [3.63, 3.8) is 0 Å². The SMILES string of the molecule is Cn1cnc(C(=O)N2CCNC(=O)C2)c1. The third-order valence-corrected chi connectivity index (χ3v) is 2.25. The fourth-order valence-electron chi connectivity index (χ4n) is 1.50. The zero-order valence-corrected chi connectivity index (χ0v) is 8.43. The zero-order chi connectivity index (χ0) is 10.8. The van der Waals surface area contributed by atoms with Crippen LogP contribution >= 0.6 is 0 Å².